The molecule has 0 atom stereocenters. The molecule has 3 aromatic rings. The standard InChI is InChI=1S/C23H21NO4/c1-17(24-28-16-23(25)26)19-10-12-20(13-11-19)21-8-5-9-22(14-21)27-15-18-6-3-2-4-7-18/h2-14H,15-16H2,1H3,(H,25,26)/b24-17+. The Morgan fingerprint density at radius 1 is 0.929 bits per heavy atom. The van der Waals surface area contributed by atoms with E-state index in [9.17, 15) is 4.79 Å². The van der Waals surface area contributed by atoms with E-state index in [1.54, 1.807) is 6.92 Å². The minimum Gasteiger partial charge on any atom is -0.489 e. The second-order valence-corrected chi connectivity index (χ2v) is 6.22. The molecule has 142 valence electrons. The zero-order valence-corrected chi connectivity index (χ0v) is 15.5. The Bertz CT molecular complexity index is 950. The summed E-state index contributed by atoms with van der Waals surface area (Å²) < 4.78 is 5.90. The van der Waals surface area contributed by atoms with Gasteiger partial charge in [0, 0.05) is 0 Å². The van der Waals surface area contributed by atoms with Crippen LogP contribution in [0, 0.1) is 0 Å². The molecule has 1 N–H and O–H groups in total. The van der Waals surface area contributed by atoms with Gasteiger partial charge in [0.25, 0.3) is 0 Å². The van der Waals surface area contributed by atoms with Gasteiger partial charge in [0.05, 0.1) is 5.71 Å². The maximum atomic E-state index is 10.5. The van der Waals surface area contributed by atoms with Crippen LogP contribution in [0.2, 0.25) is 0 Å². The van der Waals surface area contributed by atoms with E-state index in [0.29, 0.717) is 12.3 Å². The molecule has 0 spiro atoms. The monoisotopic (exact) mass is 375 g/mol. The van der Waals surface area contributed by atoms with Crippen LogP contribution in [-0.4, -0.2) is 23.4 Å². The Morgan fingerprint density at radius 3 is 2.39 bits per heavy atom. The number of rotatable bonds is 8. The van der Waals surface area contributed by atoms with Crippen molar-refractivity contribution in [2.24, 2.45) is 5.16 Å². The quantitative estimate of drug-likeness (QED) is 0.455. The van der Waals surface area contributed by atoms with Gasteiger partial charge in [-0.1, -0.05) is 71.9 Å². The molecule has 0 aliphatic rings. The molecule has 0 aliphatic heterocycles. The van der Waals surface area contributed by atoms with Crippen molar-refractivity contribution in [3.8, 4) is 16.9 Å². The molecule has 0 unspecified atom stereocenters. The van der Waals surface area contributed by atoms with Gasteiger partial charge in [0.1, 0.15) is 12.4 Å². The van der Waals surface area contributed by atoms with E-state index in [2.05, 4.69) is 5.16 Å². The average Bonchev–Trinajstić information content (AvgIpc) is 2.73. The highest BCUT2D eigenvalue weighted by Crippen LogP contribution is 2.25. The molecule has 3 aromatic carbocycles. The first-order valence-corrected chi connectivity index (χ1v) is 8.88. The highest BCUT2D eigenvalue weighted by molar-refractivity contribution is 5.98. The predicted molar refractivity (Wildman–Crippen MR) is 108 cm³/mol. The summed E-state index contributed by atoms with van der Waals surface area (Å²) in [4.78, 5) is 15.2. The van der Waals surface area contributed by atoms with Gasteiger partial charge in [0.15, 0.2) is 0 Å². The minimum atomic E-state index is -1.05. The number of carboxylic acids is 1. The van der Waals surface area contributed by atoms with Crippen molar-refractivity contribution in [1.29, 1.82) is 0 Å². The number of benzene rings is 3. The van der Waals surface area contributed by atoms with Crippen LogP contribution >= 0.6 is 0 Å². The summed E-state index contributed by atoms with van der Waals surface area (Å²) in [6.07, 6.45) is 0. The van der Waals surface area contributed by atoms with Gasteiger partial charge in [0.2, 0.25) is 6.61 Å². The van der Waals surface area contributed by atoms with Gasteiger partial charge < -0.3 is 14.7 Å². The van der Waals surface area contributed by atoms with E-state index >= 15 is 0 Å². The normalized spacial score (nSPS) is 11.1. The van der Waals surface area contributed by atoms with Crippen molar-refractivity contribution in [2.75, 3.05) is 6.61 Å². The summed E-state index contributed by atoms with van der Waals surface area (Å²) >= 11 is 0. The molecule has 0 saturated heterocycles. The van der Waals surface area contributed by atoms with E-state index in [0.717, 1.165) is 28.0 Å². The molecule has 0 saturated carbocycles. The Morgan fingerprint density at radius 2 is 1.68 bits per heavy atom. The largest absolute Gasteiger partial charge is 0.489 e. The van der Waals surface area contributed by atoms with Gasteiger partial charge in [-0.05, 0) is 41.3 Å². The van der Waals surface area contributed by atoms with Crippen LogP contribution in [0.5, 0.6) is 5.75 Å². The van der Waals surface area contributed by atoms with Crippen LogP contribution in [0.1, 0.15) is 18.1 Å². The number of carbonyl (C=O) groups is 1. The number of ether oxygens (including phenoxy) is 1. The summed E-state index contributed by atoms with van der Waals surface area (Å²) in [6, 6.07) is 25.8. The molecule has 28 heavy (non-hydrogen) atoms. The molecular weight excluding hydrogens is 354 g/mol. The lowest BCUT2D eigenvalue weighted by atomic mass is 10.0. The van der Waals surface area contributed by atoms with E-state index < -0.39 is 12.6 Å². The van der Waals surface area contributed by atoms with E-state index in [-0.39, 0.29) is 0 Å². The molecule has 0 heterocycles. The highest BCUT2D eigenvalue weighted by atomic mass is 16.6. The third kappa shape index (κ3) is 5.45. The first kappa shape index (κ1) is 19.2. The smallest absolute Gasteiger partial charge is 0.344 e. The first-order valence-electron chi connectivity index (χ1n) is 8.88. The Kier molecular flexibility index (Phi) is 6.41. The van der Waals surface area contributed by atoms with Crippen LogP contribution in [0.15, 0.2) is 84.0 Å². The van der Waals surface area contributed by atoms with Crippen molar-refractivity contribution in [3.05, 3.63) is 90.0 Å². The van der Waals surface area contributed by atoms with Gasteiger partial charge in [-0.3, -0.25) is 0 Å². The number of carboxylic acid groups (broad SMARTS) is 1. The lowest BCUT2D eigenvalue weighted by Gasteiger charge is -2.09. The second-order valence-electron chi connectivity index (χ2n) is 6.22. The van der Waals surface area contributed by atoms with Crippen LogP contribution in [-0.2, 0) is 16.2 Å². The third-order valence-corrected chi connectivity index (χ3v) is 4.11. The maximum Gasteiger partial charge on any atom is 0.344 e. The fourth-order valence-corrected chi connectivity index (χ4v) is 2.65. The molecule has 5 heteroatoms. The first-order chi connectivity index (χ1) is 13.6. The topological polar surface area (TPSA) is 68.1 Å². The zero-order chi connectivity index (χ0) is 19.8. The summed E-state index contributed by atoms with van der Waals surface area (Å²) in [6.45, 7) is 1.84. The number of nitrogens with zero attached hydrogens (tertiary/aromatic N) is 1. The molecule has 5 nitrogen and oxygen atoms in total. The number of hydrogen-bond acceptors (Lipinski definition) is 4. The van der Waals surface area contributed by atoms with Crippen molar-refractivity contribution in [2.45, 2.75) is 13.5 Å². The van der Waals surface area contributed by atoms with Gasteiger partial charge in [-0.15, -0.1) is 0 Å². The summed E-state index contributed by atoms with van der Waals surface area (Å²) in [5.74, 6) is -0.244. The molecule has 0 bridgehead atoms. The van der Waals surface area contributed by atoms with Gasteiger partial charge >= 0.3 is 5.97 Å². The van der Waals surface area contributed by atoms with Crippen LogP contribution in [0.3, 0.4) is 0 Å². The van der Waals surface area contributed by atoms with Crippen molar-refractivity contribution in [3.63, 3.8) is 0 Å². The number of aliphatic carboxylic acids is 1. The summed E-state index contributed by atoms with van der Waals surface area (Å²) in [7, 11) is 0. The molecule has 0 amide bonds. The lowest BCUT2D eigenvalue weighted by molar-refractivity contribution is -0.142. The van der Waals surface area contributed by atoms with E-state index in [1.807, 2.05) is 78.9 Å². The van der Waals surface area contributed by atoms with Gasteiger partial charge in [-0.2, -0.15) is 0 Å². The van der Waals surface area contributed by atoms with E-state index in [1.165, 1.54) is 0 Å². The molecule has 3 rings (SSSR count). The molecule has 0 aliphatic carbocycles. The molecule has 0 fully saturated rings. The SMILES string of the molecule is C/C(=N\OCC(=O)O)c1ccc(-c2cccc(OCc3ccccc3)c2)cc1. The third-order valence-electron chi connectivity index (χ3n) is 4.11. The van der Waals surface area contributed by atoms with Crippen molar-refractivity contribution >= 4 is 11.7 Å². The van der Waals surface area contributed by atoms with Gasteiger partial charge in [-0.25, -0.2) is 4.79 Å². The second kappa shape index (κ2) is 9.37. The predicted octanol–water partition coefficient (Wildman–Crippen LogP) is 4.76. The molecule has 0 aromatic heterocycles. The average molecular weight is 375 g/mol. The summed E-state index contributed by atoms with van der Waals surface area (Å²) in [5, 5.41) is 12.4. The van der Waals surface area contributed by atoms with Crippen molar-refractivity contribution in [1.82, 2.24) is 0 Å². The Hall–Kier alpha value is -3.60. The zero-order valence-electron chi connectivity index (χ0n) is 15.5. The Balaban J connectivity index is 1.67. The van der Waals surface area contributed by atoms with Crippen molar-refractivity contribution < 1.29 is 19.5 Å². The minimum absolute atomic E-state index is 0.453. The van der Waals surface area contributed by atoms with Crippen LogP contribution < -0.4 is 4.74 Å². The number of hydrogen-bond donors (Lipinski definition) is 1. The van der Waals surface area contributed by atoms with Crippen LogP contribution in [0.4, 0.5) is 0 Å². The fraction of sp³-hybridized carbons (Fsp3) is 0.130. The molecule has 0 radical (unpaired) electrons. The molecular formula is C23H21NO4. The summed E-state index contributed by atoms with van der Waals surface area (Å²) in [5.41, 5.74) is 4.71. The Labute approximate surface area is 163 Å². The lowest BCUT2D eigenvalue weighted by Crippen LogP contribution is -2.05. The fourth-order valence-electron chi connectivity index (χ4n) is 2.65. The highest BCUT2D eigenvalue weighted by Gasteiger charge is 2.04. The maximum absolute atomic E-state index is 10.5. The van der Waals surface area contributed by atoms with E-state index in [4.69, 9.17) is 14.7 Å². The number of oxime groups is 1. The van der Waals surface area contributed by atoms with Crippen LogP contribution in [0.25, 0.3) is 11.1 Å².